The highest BCUT2D eigenvalue weighted by molar-refractivity contribution is 6.32. The van der Waals surface area contributed by atoms with Crippen molar-refractivity contribution in [3.05, 3.63) is 127 Å². The number of phenols is 1. The van der Waals surface area contributed by atoms with Gasteiger partial charge < -0.3 is 19.9 Å². The molecule has 0 radical (unpaired) electrons. The zero-order chi connectivity index (χ0) is 45.1. The highest BCUT2D eigenvalue weighted by Crippen LogP contribution is 2.62. The molecule has 0 spiro atoms. The topological polar surface area (TPSA) is 105 Å². The molecule has 8 nitrogen and oxygen atoms in total. The number of halogens is 4. The van der Waals surface area contributed by atoms with E-state index in [1.165, 1.54) is 10.5 Å². The zero-order valence-electron chi connectivity index (χ0n) is 36.5. The Hall–Kier alpha value is -3.95. The van der Waals surface area contributed by atoms with E-state index in [1.807, 2.05) is 95.3 Å². The summed E-state index contributed by atoms with van der Waals surface area (Å²) < 4.78 is 11.0. The van der Waals surface area contributed by atoms with Crippen LogP contribution in [0.2, 0.25) is 20.1 Å². The molecule has 62 heavy (non-hydrogen) atoms. The smallest absolute Gasteiger partial charge is 0.417 e. The molecule has 2 saturated heterocycles. The number of nitrogens with zero attached hydrogens (tertiary/aromatic N) is 1. The second-order valence-corrected chi connectivity index (χ2v) is 20.8. The summed E-state index contributed by atoms with van der Waals surface area (Å²) in [6.07, 6.45) is 2.51. The van der Waals surface area contributed by atoms with Crippen LogP contribution in [0, 0.1) is 22.7 Å². The lowest BCUT2D eigenvalue weighted by atomic mass is 9.56. The Morgan fingerprint density at radius 2 is 1.24 bits per heavy atom. The Bertz CT molecular complexity index is 2330. The van der Waals surface area contributed by atoms with Gasteiger partial charge in [0.15, 0.2) is 0 Å². The van der Waals surface area contributed by atoms with Gasteiger partial charge in [0.05, 0.1) is 17.9 Å². The summed E-state index contributed by atoms with van der Waals surface area (Å²) in [6.45, 7) is 13.6. The Labute approximate surface area is 385 Å². The van der Waals surface area contributed by atoms with Crippen molar-refractivity contribution in [3.8, 4) is 11.5 Å². The average Bonchev–Trinajstić information content (AvgIpc) is 3.56. The molecule has 12 heteroatoms. The number of phenolic OH excluding ortho intramolecular Hbond substituents is 1. The summed E-state index contributed by atoms with van der Waals surface area (Å²) in [5, 5.41) is 15.5. The van der Waals surface area contributed by atoms with Gasteiger partial charge in [-0.05, 0) is 155 Å². The number of fused-ring (bicyclic) bond motifs is 2. The van der Waals surface area contributed by atoms with E-state index in [-0.39, 0.29) is 70.6 Å². The van der Waals surface area contributed by atoms with Crippen molar-refractivity contribution in [2.24, 2.45) is 22.7 Å². The second kappa shape index (κ2) is 17.6. The van der Waals surface area contributed by atoms with Gasteiger partial charge in [0.2, 0.25) is 11.8 Å². The number of nitrogens with one attached hydrogen (secondary N) is 1. The van der Waals surface area contributed by atoms with Gasteiger partial charge in [-0.25, -0.2) is 9.69 Å². The number of ether oxygens (including phenoxy) is 2. The van der Waals surface area contributed by atoms with E-state index < -0.39 is 17.1 Å². The summed E-state index contributed by atoms with van der Waals surface area (Å²) in [5.41, 5.74) is 2.52. The van der Waals surface area contributed by atoms with Crippen LogP contribution < -0.4 is 10.1 Å². The lowest BCUT2D eigenvalue weighted by molar-refractivity contribution is -0.137. The van der Waals surface area contributed by atoms with Crippen LogP contribution >= 0.6 is 46.4 Å². The summed E-state index contributed by atoms with van der Waals surface area (Å²) in [6, 6.07) is 26.5. The second-order valence-electron chi connectivity index (χ2n) is 19.1. The number of rotatable bonds is 5. The van der Waals surface area contributed by atoms with Crippen molar-refractivity contribution in [3.63, 3.8) is 0 Å². The summed E-state index contributed by atoms with van der Waals surface area (Å²) in [4.78, 5) is 41.0. The van der Waals surface area contributed by atoms with Crippen molar-refractivity contribution in [2.45, 2.75) is 116 Å². The average molecular weight is 923 g/mol. The third-order valence-corrected chi connectivity index (χ3v) is 15.4. The van der Waals surface area contributed by atoms with Gasteiger partial charge in [-0.3, -0.25) is 9.59 Å². The molecule has 4 aromatic rings. The highest BCUT2D eigenvalue weighted by Gasteiger charge is 2.63. The normalized spacial score (nSPS) is 30.4. The third kappa shape index (κ3) is 8.54. The lowest BCUT2D eigenvalue weighted by Crippen LogP contribution is -2.43. The monoisotopic (exact) mass is 920 g/mol. The highest BCUT2D eigenvalue weighted by atomic mass is 35.5. The van der Waals surface area contributed by atoms with Crippen LogP contribution in [0.25, 0.3) is 0 Å². The van der Waals surface area contributed by atoms with Crippen molar-refractivity contribution < 1.29 is 29.0 Å². The molecule has 0 bridgehead atoms. The van der Waals surface area contributed by atoms with Gasteiger partial charge in [-0.15, -0.1) is 0 Å². The number of hydrogen-bond donors (Lipinski definition) is 2. The molecule has 330 valence electrons. The molecule has 4 aromatic carbocycles. The molecule has 4 fully saturated rings. The van der Waals surface area contributed by atoms with Crippen molar-refractivity contribution in [1.82, 2.24) is 10.2 Å². The van der Waals surface area contributed by atoms with Gasteiger partial charge in [0.25, 0.3) is 0 Å². The minimum atomic E-state index is -0.698. The van der Waals surface area contributed by atoms with Crippen molar-refractivity contribution >= 4 is 64.3 Å². The Morgan fingerprint density at radius 3 is 1.74 bits per heavy atom. The van der Waals surface area contributed by atoms with Crippen LogP contribution in [0.3, 0.4) is 0 Å². The molecule has 0 unspecified atom stereocenters. The molecule has 2 N–H and O–H groups in total. The SMILES string of the molecule is COc1ccc([C@@H]2CC[C@@]3(C)C(=O)N(C(=O)OC(C)(C)C)[C@H](C)[C@H]3[C@H]2c2ccc(Cl)cc2)c(Cl)c1.C[C@H]1NC(=O)[C@]2(C)CC[C@@H](c3ccc(O)cc3Cl)[C@H](c3ccc(Cl)cc3)[C@H]12. The van der Waals surface area contributed by atoms with E-state index in [0.29, 0.717) is 32.3 Å². The van der Waals surface area contributed by atoms with Crippen molar-refractivity contribution in [2.75, 3.05) is 7.11 Å². The first-order chi connectivity index (χ1) is 29.2. The molecule has 2 saturated carbocycles. The van der Waals surface area contributed by atoms with Crippen LogP contribution in [0.4, 0.5) is 4.79 Å². The summed E-state index contributed by atoms with van der Waals surface area (Å²) in [7, 11) is 1.62. The van der Waals surface area contributed by atoms with Crippen LogP contribution in [0.5, 0.6) is 11.5 Å². The molecular weight excluding hydrogens is 866 g/mol. The predicted molar refractivity (Wildman–Crippen MR) is 247 cm³/mol. The fourth-order valence-corrected chi connectivity index (χ4v) is 12.3. The first-order valence-electron chi connectivity index (χ1n) is 21.4. The fraction of sp³-hybridized carbons (Fsp3) is 0.460. The molecule has 8 rings (SSSR count). The zero-order valence-corrected chi connectivity index (χ0v) is 39.5. The van der Waals surface area contributed by atoms with Gasteiger partial charge in [-0.2, -0.15) is 0 Å². The Kier molecular flexibility index (Phi) is 13.0. The maximum Gasteiger partial charge on any atom is 0.417 e. The Morgan fingerprint density at radius 1 is 0.742 bits per heavy atom. The maximum atomic E-state index is 13.8. The summed E-state index contributed by atoms with van der Waals surface area (Å²) in [5.74, 6) is 1.20. The fourth-order valence-electron chi connectivity index (χ4n) is 11.4. The molecule has 3 amide bonds. The molecule has 4 aliphatic rings. The molecule has 10 atom stereocenters. The van der Waals surface area contributed by atoms with E-state index >= 15 is 0 Å². The molecule has 0 aromatic heterocycles. The maximum absolute atomic E-state index is 13.8. The van der Waals surface area contributed by atoms with Crippen molar-refractivity contribution in [1.29, 1.82) is 0 Å². The standard InChI is InChI=1S/C28H33Cl2NO4.C22H23Cl2NO2/c1-16-24-23(17-7-9-18(29)10-8-17)21(20-12-11-19(34-6)15-22(20)30)13-14-28(24,5)25(32)31(16)26(33)35-27(2,3)4;1-12-20-19(13-3-5-14(23)6-4-13)17(9-10-22(20,2)21(27)25-12)16-8-7-15(26)11-18(16)24/h7-12,15-16,21,23-24H,13-14H2,1-6H3;3-8,11-12,17,19-20,26H,9-10H2,1-2H3,(H,25,27)/t16-,21+,23+,24+,28-;12-,17+,19+,20+,22-/m11/s1. The quantitative estimate of drug-likeness (QED) is 0.207. The number of carbonyl (C=O) groups is 3. The van der Waals surface area contributed by atoms with Crippen LogP contribution in [0.15, 0.2) is 84.9 Å². The van der Waals surface area contributed by atoms with E-state index in [0.717, 1.165) is 36.0 Å². The number of hydrogen-bond acceptors (Lipinski definition) is 6. The number of aromatic hydroxyl groups is 1. The van der Waals surface area contributed by atoms with E-state index in [1.54, 1.807) is 19.2 Å². The van der Waals surface area contributed by atoms with Gasteiger partial charge in [0, 0.05) is 44.0 Å². The number of methoxy groups -OCH3 is 1. The largest absolute Gasteiger partial charge is 0.508 e. The number of likely N-dealkylation sites (tertiary alicyclic amines) is 1. The van der Waals surface area contributed by atoms with Gasteiger partial charge in [0.1, 0.15) is 17.1 Å². The van der Waals surface area contributed by atoms with E-state index in [2.05, 4.69) is 31.3 Å². The summed E-state index contributed by atoms with van der Waals surface area (Å²) >= 11 is 25.6. The number of benzene rings is 4. The van der Waals surface area contributed by atoms with Gasteiger partial charge in [-0.1, -0.05) is 96.6 Å². The minimum Gasteiger partial charge on any atom is -0.508 e. The van der Waals surface area contributed by atoms with Crippen LogP contribution in [-0.2, 0) is 14.3 Å². The predicted octanol–water partition coefficient (Wildman–Crippen LogP) is 13.0. The first-order valence-corrected chi connectivity index (χ1v) is 22.9. The number of carbonyl (C=O) groups excluding carboxylic acids is 3. The minimum absolute atomic E-state index is 0.0525. The first kappa shape index (κ1) is 46.1. The van der Waals surface area contributed by atoms with Crippen LogP contribution in [0.1, 0.15) is 120 Å². The molecule has 2 aliphatic heterocycles. The molecule has 2 heterocycles. The molecular formula is C50H56Cl4N2O6. The molecule has 2 aliphatic carbocycles. The van der Waals surface area contributed by atoms with E-state index in [4.69, 9.17) is 55.9 Å². The van der Waals surface area contributed by atoms with Crippen LogP contribution in [-0.4, -0.2) is 52.7 Å². The lowest BCUT2D eigenvalue weighted by Gasteiger charge is -2.46. The Balaban J connectivity index is 0.000000192. The number of amides is 3. The van der Waals surface area contributed by atoms with Gasteiger partial charge >= 0.3 is 6.09 Å². The third-order valence-electron chi connectivity index (χ3n) is 14.2. The van der Waals surface area contributed by atoms with E-state index in [9.17, 15) is 19.5 Å². The number of imide groups is 1.